The van der Waals surface area contributed by atoms with Crippen LogP contribution in [0, 0.1) is 0 Å². The third kappa shape index (κ3) is 4.09. The Labute approximate surface area is 103 Å². The molecule has 1 saturated heterocycles. The predicted octanol–water partition coefficient (Wildman–Crippen LogP) is 0.433. The van der Waals surface area contributed by atoms with Crippen molar-refractivity contribution >= 4 is 0 Å². The number of hydrogen-bond acceptors (Lipinski definition) is 4. The zero-order chi connectivity index (χ0) is 11.9. The van der Waals surface area contributed by atoms with Gasteiger partial charge in [0, 0.05) is 20.0 Å². The summed E-state index contributed by atoms with van der Waals surface area (Å²) in [6.45, 7) is 5.95. The molecule has 0 radical (unpaired) electrons. The maximum atomic E-state index is 4.06. The van der Waals surface area contributed by atoms with E-state index in [1.807, 2.05) is 11.6 Å². The van der Waals surface area contributed by atoms with E-state index in [4.69, 9.17) is 0 Å². The van der Waals surface area contributed by atoms with Crippen molar-refractivity contribution in [3.63, 3.8) is 0 Å². The van der Waals surface area contributed by atoms with Crippen LogP contribution in [-0.2, 0) is 13.5 Å². The molecule has 1 fully saturated rings. The van der Waals surface area contributed by atoms with Crippen LogP contribution in [0.3, 0.4) is 0 Å². The fraction of sp³-hybridized carbons (Fsp3) is 0.833. The van der Waals surface area contributed by atoms with Gasteiger partial charge in [0.05, 0.1) is 0 Å². The standard InChI is InChI=1S/C12H23N5/c1-16-11-14-15-12(16)5-7-13-6-4-10-17-8-2-3-9-17/h11,13H,2-10H2,1H3. The molecule has 17 heavy (non-hydrogen) atoms. The average molecular weight is 237 g/mol. The molecule has 0 amide bonds. The molecule has 0 atom stereocenters. The molecule has 0 aromatic carbocycles. The second-order valence-corrected chi connectivity index (χ2v) is 4.76. The van der Waals surface area contributed by atoms with E-state index in [-0.39, 0.29) is 0 Å². The van der Waals surface area contributed by atoms with E-state index in [0.717, 1.165) is 25.3 Å². The van der Waals surface area contributed by atoms with E-state index < -0.39 is 0 Å². The van der Waals surface area contributed by atoms with Gasteiger partial charge < -0.3 is 14.8 Å². The zero-order valence-electron chi connectivity index (χ0n) is 10.7. The minimum Gasteiger partial charge on any atom is -0.321 e. The molecule has 1 N–H and O–H groups in total. The molecule has 1 aliphatic heterocycles. The third-order valence-corrected chi connectivity index (χ3v) is 3.36. The predicted molar refractivity (Wildman–Crippen MR) is 67.9 cm³/mol. The highest BCUT2D eigenvalue weighted by atomic mass is 15.2. The van der Waals surface area contributed by atoms with Crippen LogP contribution in [0.25, 0.3) is 0 Å². The molecule has 96 valence electrons. The number of rotatable bonds is 7. The van der Waals surface area contributed by atoms with Crippen LogP contribution in [0.1, 0.15) is 25.1 Å². The highest BCUT2D eigenvalue weighted by Crippen LogP contribution is 2.06. The number of nitrogens with zero attached hydrogens (tertiary/aromatic N) is 4. The lowest BCUT2D eigenvalue weighted by molar-refractivity contribution is 0.331. The van der Waals surface area contributed by atoms with Gasteiger partial charge in [-0.3, -0.25) is 0 Å². The molecule has 1 aromatic rings. The minimum atomic E-state index is 0.959. The van der Waals surface area contributed by atoms with Crippen molar-refractivity contribution < 1.29 is 0 Å². The van der Waals surface area contributed by atoms with Gasteiger partial charge in [-0.2, -0.15) is 0 Å². The summed E-state index contributed by atoms with van der Waals surface area (Å²) in [4.78, 5) is 2.56. The van der Waals surface area contributed by atoms with E-state index in [1.54, 1.807) is 6.33 Å². The van der Waals surface area contributed by atoms with Gasteiger partial charge in [-0.15, -0.1) is 10.2 Å². The molecule has 1 aliphatic rings. The molecular formula is C12H23N5. The van der Waals surface area contributed by atoms with Gasteiger partial charge in [-0.1, -0.05) is 0 Å². The fourth-order valence-corrected chi connectivity index (χ4v) is 2.29. The van der Waals surface area contributed by atoms with Crippen molar-refractivity contribution in [2.24, 2.45) is 7.05 Å². The monoisotopic (exact) mass is 237 g/mol. The van der Waals surface area contributed by atoms with Crippen molar-refractivity contribution in [2.75, 3.05) is 32.7 Å². The number of aryl methyl sites for hydroxylation is 1. The first-order valence-electron chi connectivity index (χ1n) is 6.62. The van der Waals surface area contributed by atoms with Crippen LogP contribution in [0.2, 0.25) is 0 Å². The van der Waals surface area contributed by atoms with Crippen molar-refractivity contribution in [2.45, 2.75) is 25.7 Å². The summed E-state index contributed by atoms with van der Waals surface area (Å²) in [6.07, 6.45) is 6.74. The molecule has 0 bridgehead atoms. The molecule has 0 aliphatic carbocycles. The fourth-order valence-electron chi connectivity index (χ4n) is 2.29. The van der Waals surface area contributed by atoms with Gasteiger partial charge in [-0.05, 0) is 45.4 Å². The van der Waals surface area contributed by atoms with Gasteiger partial charge in [0.25, 0.3) is 0 Å². The Bertz CT molecular complexity index is 316. The lowest BCUT2D eigenvalue weighted by Crippen LogP contribution is -2.26. The van der Waals surface area contributed by atoms with Crippen LogP contribution in [-0.4, -0.2) is 52.4 Å². The summed E-state index contributed by atoms with van der Waals surface area (Å²) < 4.78 is 1.98. The van der Waals surface area contributed by atoms with Crippen molar-refractivity contribution in [1.29, 1.82) is 0 Å². The molecule has 0 saturated carbocycles. The molecule has 2 rings (SSSR count). The summed E-state index contributed by atoms with van der Waals surface area (Å²) in [6, 6.07) is 0. The Balaban J connectivity index is 1.47. The van der Waals surface area contributed by atoms with E-state index in [2.05, 4.69) is 20.4 Å². The topological polar surface area (TPSA) is 46.0 Å². The van der Waals surface area contributed by atoms with Crippen LogP contribution >= 0.6 is 0 Å². The van der Waals surface area contributed by atoms with Crippen LogP contribution in [0.15, 0.2) is 6.33 Å². The Hall–Kier alpha value is -0.940. The molecule has 0 spiro atoms. The van der Waals surface area contributed by atoms with E-state index >= 15 is 0 Å². The zero-order valence-corrected chi connectivity index (χ0v) is 10.7. The maximum absolute atomic E-state index is 4.06. The Morgan fingerprint density at radius 3 is 2.82 bits per heavy atom. The molecule has 0 unspecified atom stereocenters. The number of aromatic nitrogens is 3. The minimum absolute atomic E-state index is 0.959. The number of nitrogens with one attached hydrogen (secondary N) is 1. The highest BCUT2D eigenvalue weighted by Gasteiger charge is 2.09. The lowest BCUT2D eigenvalue weighted by Gasteiger charge is -2.14. The van der Waals surface area contributed by atoms with Crippen molar-refractivity contribution in [1.82, 2.24) is 25.0 Å². The summed E-state index contributed by atoms with van der Waals surface area (Å²) in [5, 5.41) is 11.4. The van der Waals surface area contributed by atoms with E-state index in [1.165, 1.54) is 38.9 Å². The molecule has 5 nitrogen and oxygen atoms in total. The largest absolute Gasteiger partial charge is 0.321 e. The summed E-state index contributed by atoms with van der Waals surface area (Å²) >= 11 is 0. The van der Waals surface area contributed by atoms with Crippen LogP contribution in [0.4, 0.5) is 0 Å². The quantitative estimate of drug-likeness (QED) is 0.699. The molecular weight excluding hydrogens is 214 g/mol. The first kappa shape index (κ1) is 12.5. The highest BCUT2D eigenvalue weighted by molar-refractivity contribution is 4.84. The first-order chi connectivity index (χ1) is 8.36. The van der Waals surface area contributed by atoms with E-state index in [0.29, 0.717) is 0 Å². The second kappa shape index (κ2) is 6.71. The SMILES string of the molecule is Cn1cnnc1CCNCCCN1CCCC1. The van der Waals surface area contributed by atoms with Gasteiger partial charge in [0.15, 0.2) is 0 Å². The van der Waals surface area contributed by atoms with Gasteiger partial charge in [0.2, 0.25) is 0 Å². The average Bonchev–Trinajstić information content (AvgIpc) is 2.95. The third-order valence-electron chi connectivity index (χ3n) is 3.36. The molecule has 2 heterocycles. The molecule has 1 aromatic heterocycles. The summed E-state index contributed by atoms with van der Waals surface area (Å²) in [5.41, 5.74) is 0. The Morgan fingerprint density at radius 2 is 2.12 bits per heavy atom. The lowest BCUT2D eigenvalue weighted by atomic mass is 10.3. The summed E-state index contributed by atoms with van der Waals surface area (Å²) in [7, 11) is 1.99. The number of hydrogen-bond donors (Lipinski definition) is 1. The van der Waals surface area contributed by atoms with Crippen LogP contribution < -0.4 is 5.32 Å². The first-order valence-corrected chi connectivity index (χ1v) is 6.62. The number of likely N-dealkylation sites (tertiary alicyclic amines) is 1. The molecule has 5 heteroatoms. The second-order valence-electron chi connectivity index (χ2n) is 4.76. The van der Waals surface area contributed by atoms with Crippen LogP contribution in [0.5, 0.6) is 0 Å². The van der Waals surface area contributed by atoms with Gasteiger partial charge in [0.1, 0.15) is 12.2 Å². The summed E-state index contributed by atoms with van der Waals surface area (Å²) in [5.74, 6) is 1.05. The Kier molecular flexibility index (Phi) is 4.94. The maximum Gasteiger partial charge on any atom is 0.133 e. The van der Waals surface area contributed by atoms with E-state index in [9.17, 15) is 0 Å². The van der Waals surface area contributed by atoms with Gasteiger partial charge in [-0.25, -0.2) is 0 Å². The smallest absolute Gasteiger partial charge is 0.133 e. The normalized spacial score (nSPS) is 16.8. The Morgan fingerprint density at radius 1 is 1.29 bits per heavy atom. The van der Waals surface area contributed by atoms with Gasteiger partial charge >= 0.3 is 0 Å². The van der Waals surface area contributed by atoms with Crippen molar-refractivity contribution in [3.8, 4) is 0 Å². The van der Waals surface area contributed by atoms with Crippen molar-refractivity contribution in [3.05, 3.63) is 12.2 Å².